The minimum atomic E-state index is -4.36. The monoisotopic (exact) mass is 232 g/mol. The molecule has 1 aromatic heterocycles. The first-order chi connectivity index (χ1) is 6.89. The Balaban J connectivity index is 2.83. The molecular weight excluding hydrogens is 225 g/mol. The van der Waals surface area contributed by atoms with Gasteiger partial charge in [-0.25, -0.2) is 4.98 Å². The van der Waals surface area contributed by atoms with Crippen molar-refractivity contribution in [3.05, 3.63) is 23.3 Å². The number of fused-ring (bicyclic) bond motifs is 1. The van der Waals surface area contributed by atoms with Crippen LogP contribution in [0.5, 0.6) is 0 Å². The highest BCUT2D eigenvalue weighted by molar-refractivity contribution is 7.22. The standard InChI is InChI=1S/C9H7F3N2S/c1-4-2-3-5(9(10,11)12)7-6(4)14-8(13)15-7/h2-3H,1H3,(H2,13,14). The van der Waals surface area contributed by atoms with Crippen molar-refractivity contribution < 1.29 is 13.2 Å². The predicted molar refractivity (Wildman–Crippen MR) is 53.8 cm³/mol. The Morgan fingerprint density at radius 1 is 1.33 bits per heavy atom. The summed E-state index contributed by atoms with van der Waals surface area (Å²) in [4.78, 5) is 3.88. The summed E-state index contributed by atoms with van der Waals surface area (Å²) < 4.78 is 37.9. The molecule has 80 valence electrons. The van der Waals surface area contributed by atoms with E-state index >= 15 is 0 Å². The molecule has 0 aliphatic carbocycles. The lowest BCUT2D eigenvalue weighted by Gasteiger charge is -2.07. The maximum absolute atomic E-state index is 12.6. The van der Waals surface area contributed by atoms with Gasteiger partial charge in [-0.2, -0.15) is 13.2 Å². The number of anilines is 1. The maximum atomic E-state index is 12.6. The van der Waals surface area contributed by atoms with Crippen LogP contribution in [0.15, 0.2) is 12.1 Å². The summed E-state index contributed by atoms with van der Waals surface area (Å²) in [7, 11) is 0. The molecule has 2 N–H and O–H groups in total. The molecule has 2 nitrogen and oxygen atoms in total. The van der Waals surface area contributed by atoms with E-state index in [1.807, 2.05) is 0 Å². The average molecular weight is 232 g/mol. The molecule has 0 spiro atoms. The zero-order valence-corrected chi connectivity index (χ0v) is 8.54. The van der Waals surface area contributed by atoms with E-state index in [9.17, 15) is 13.2 Å². The number of thiazole rings is 1. The number of hydrogen-bond acceptors (Lipinski definition) is 3. The molecule has 0 saturated carbocycles. The molecule has 0 unspecified atom stereocenters. The molecule has 1 aromatic carbocycles. The Bertz CT molecular complexity index is 516. The largest absolute Gasteiger partial charge is 0.417 e. The summed E-state index contributed by atoms with van der Waals surface area (Å²) in [6, 6.07) is 2.47. The van der Waals surface area contributed by atoms with E-state index in [4.69, 9.17) is 5.73 Å². The van der Waals surface area contributed by atoms with Crippen LogP contribution < -0.4 is 5.73 Å². The second-order valence-corrected chi connectivity index (χ2v) is 4.19. The summed E-state index contributed by atoms with van der Waals surface area (Å²) >= 11 is 0.866. The highest BCUT2D eigenvalue weighted by Gasteiger charge is 2.33. The van der Waals surface area contributed by atoms with Gasteiger partial charge in [0.1, 0.15) is 0 Å². The van der Waals surface area contributed by atoms with Crippen molar-refractivity contribution in [1.82, 2.24) is 4.98 Å². The van der Waals surface area contributed by atoms with Crippen molar-refractivity contribution in [2.75, 3.05) is 5.73 Å². The summed E-state index contributed by atoms with van der Waals surface area (Å²) in [6.45, 7) is 1.71. The van der Waals surface area contributed by atoms with E-state index in [2.05, 4.69) is 4.98 Å². The van der Waals surface area contributed by atoms with Crippen molar-refractivity contribution in [3.63, 3.8) is 0 Å². The Morgan fingerprint density at radius 2 is 2.00 bits per heavy atom. The van der Waals surface area contributed by atoms with E-state index in [-0.39, 0.29) is 9.83 Å². The first kappa shape index (κ1) is 10.2. The molecule has 0 bridgehead atoms. The van der Waals surface area contributed by atoms with Crippen LogP contribution in [-0.4, -0.2) is 4.98 Å². The van der Waals surface area contributed by atoms with Crippen molar-refractivity contribution in [2.24, 2.45) is 0 Å². The SMILES string of the molecule is Cc1ccc(C(F)(F)F)c2sc(N)nc12. The van der Waals surface area contributed by atoms with E-state index in [1.54, 1.807) is 6.92 Å². The zero-order valence-electron chi connectivity index (χ0n) is 7.72. The number of aryl methyl sites for hydroxylation is 1. The van der Waals surface area contributed by atoms with E-state index in [0.29, 0.717) is 11.1 Å². The Morgan fingerprint density at radius 3 is 2.60 bits per heavy atom. The lowest BCUT2D eigenvalue weighted by Crippen LogP contribution is -2.04. The summed E-state index contributed by atoms with van der Waals surface area (Å²) in [5.74, 6) is 0. The number of halogens is 3. The third-order valence-corrected chi connectivity index (χ3v) is 2.99. The number of aromatic nitrogens is 1. The van der Waals surface area contributed by atoms with Gasteiger partial charge in [-0.15, -0.1) is 0 Å². The Hall–Kier alpha value is -1.30. The average Bonchev–Trinajstić information content (AvgIpc) is 2.45. The van der Waals surface area contributed by atoms with Gasteiger partial charge in [-0.05, 0) is 18.6 Å². The van der Waals surface area contributed by atoms with E-state index in [0.717, 1.165) is 17.4 Å². The minimum absolute atomic E-state index is 0.111. The summed E-state index contributed by atoms with van der Waals surface area (Å²) in [5, 5.41) is 0.157. The molecule has 0 radical (unpaired) electrons. The minimum Gasteiger partial charge on any atom is -0.375 e. The molecule has 0 amide bonds. The lowest BCUT2D eigenvalue weighted by molar-refractivity contribution is -0.136. The molecule has 2 rings (SSSR count). The number of nitrogen functional groups attached to an aromatic ring is 1. The van der Waals surface area contributed by atoms with Gasteiger partial charge >= 0.3 is 6.18 Å². The number of nitrogens with two attached hydrogens (primary N) is 1. The number of rotatable bonds is 0. The summed E-state index contributed by atoms with van der Waals surface area (Å²) in [6.07, 6.45) is -4.36. The molecule has 0 atom stereocenters. The van der Waals surface area contributed by atoms with Crippen LogP contribution in [0, 0.1) is 6.92 Å². The van der Waals surface area contributed by atoms with Crippen LogP contribution in [0.2, 0.25) is 0 Å². The fourth-order valence-electron chi connectivity index (χ4n) is 1.37. The number of nitrogens with zero attached hydrogens (tertiary/aromatic N) is 1. The van der Waals surface area contributed by atoms with Crippen LogP contribution in [0.3, 0.4) is 0 Å². The normalized spacial score (nSPS) is 12.3. The molecule has 2 aromatic rings. The van der Waals surface area contributed by atoms with Gasteiger partial charge in [-0.1, -0.05) is 17.4 Å². The third kappa shape index (κ3) is 1.65. The Labute approximate surface area is 87.5 Å². The second kappa shape index (κ2) is 3.10. The maximum Gasteiger partial charge on any atom is 0.417 e. The van der Waals surface area contributed by atoms with Gasteiger partial charge < -0.3 is 5.73 Å². The fourth-order valence-corrected chi connectivity index (χ4v) is 2.32. The van der Waals surface area contributed by atoms with E-state index < -0.39 is 11.7 Å². The van der Waals surface area contributed by atoms with E-state index in [1.165, 1.54) is 6.07 Å². The molecule has 1 heterocycles. The number of hydrogen-bond donors (Lipinski definition) is 1. The number of alkyl halides is 3. The molecule has 0 fully saturated rings. The molecule has 15 heavy (non-hydrogen) atoms. The zero-order chi connectivity index (χ0) is 11.2. The van der Waals surface area contributed by atoms with Crippen molar-refractivity contribution in [2.45, 2.75) is 13.1 Å². The Kier molecular flexibility index (Phi) is 2.11. The quantitative estimate of drug-likeness (QED) is 0.757. The highest BCUT2D eigenvalue weighted by atomic mass is 32.1. The second-order valence-electron chi connectivity index (χ2n) is 3.16. The summed E-state index contributed by atoms with van der Waals surface area (Å²) in [5.41, 5.74) is 5.78. The lowest BCUT2D eigenvalue weighted by atomic mass is 10.1. The van der Waals surface area contributed by atoms with Crippen molar-refractivity contribution in [1.29, 1.82) is 0 Å². The predicted octanol–water partition coefficient (Wildman–Crippen LogP) is 3.21. The molecule has 0 aliphatic rings. The fraction of sp³-hybridized carbons (Fsp3) is 0.222. The van der Waals surface area contributed by atoms with Crippen LogP contribution in [-0.2, 0) is 6.18 Å². The molecule has 6 heteroatoms. The van der Waals surface area contributed by atoms with Crippen LogP contribution in [0.4, 0.5) is 18.3 Å². The van der Waals surface area contributed by atoms with Crippen molar-refractivity contribution >= 4 is 26.7 Å². The van der Waals surface area contributed by atoms with Gasteiger partial charge in [-0.3, -0.25) is 0 Å². The molecule has 0 aliphatic heterocycles. The van der Waals surface area contributed by atoms with Gasteiger partial charge in [0.15, 0.2) is 5.13 Å². The van der Waals surface area contributed by atoms with Crippen LogP contribution >= 0.6 is 11.3 Å². The third-order valence-electron chi connectivity index (χ3n) is 2.07. The topological polar surface area (TPSA) is 38.9 Å². The van der Waals surface area contributed by atoms with Crippen LogP contribution in [0.1, 0.15) is 11.1 Å². The van der Waals surface area contributed by atoms with Gasteiger partial charge in [0.2, 0.25) is 0 Å². The van der Waals surface area contributed by atoms with Gasteiger partial charge in [0, 0.05) is 0 Å². The molecular formula is C9H7F3N2S. The van der Waals surface area contributed by atoms with Gasteiger partial charge in [0.25, 0.3) is 0 Å². The highest BCUT2D eigenvalue weighted by Crippen LogP contribution is 2.39. The van der Waals surface area contributed by atoms with Gasteiger partial charge in [0.05, 0.1) is 15.8 Å². The van der Waals surface area contributed by atoms with Crippen molar-refractivity contribution in [3.8, 4) is 0 Å². The molecule has 0 saturated heterocycles. The first-order valence-corrected chi connectivity index (χ1v) is 4.94. The number of benzene rings is 1. The first-order valence-electron chi connectivity index (χ1n) is 4.12. The smallest absolute Gasteiger partial charge is 0.375 e. The van der Waals surface area contributed by atoms with Crippen LogP contribution in [0.25, 0.3) is 10.2 Å².